The second-order valence-corrected chi connectivity index (χ2v) is 13.3. The molecule has 6 rings (SSSR count). The lowest BCUT2D eigenvalue weighted by atomic mass is 9.45. The van der Waals surface area contributed by atoms with Crippen LogP contribution in [0, 0.1) is 40.3 Å². The topological polar surface area (TPSA) is 29.5 Å². The minimum absolute atomic E-state index is 0.00531. The van der Waals surface area contributed by atoms with Crippen LogP contribution in [0.5, 0.6) is 0 Å². The molecule has 3 nitrogen and oxygen atoms in total. The van der Waals surface area contributed by atoms with Crippen LogP contribution >= 0.6 is 0 Å². The Hall–Kier alpha value is -1.68. The molecule has 0 aromatic heterocycles. The highest BCUT2D eigenvalue weighted by Crippen LogP contribution is 2.67. The zero-order valence-electron chi connectivity index (χ0n) is 22.5. The van der Waals surface area contributed by atoms with Crippen LogP contribution in [0.4, 0.5) is 4.39 Å². The minimum atomic E-state index is -0.215. The van der Waals surface area contributed by atoms with E-state index in [4.69, 9.17) is 4.74 Å². The molecule has 196 valence electrons. The van der Waals surface area contributed by atoms with Gasteiger partial charge in [0.25, 0.3) is 0 Å². The SMILES string of the molecule is CC(=O)O[C@H]1/C(=C/c2ccc(F)cc2)C[C@H]2[C@@H]3CC[C@H]4C[C@@H](N5CCCC5)CC[C@]4(C)[C@H]3CC[C@]12C. The Morgan fingerprint density at radius 2 is 1.72 bits per heavy atom. The molecule has 1 aliphatic heterocycles. The van der Waals surface area contributed by atoms with Gasteiger partial charge >= 0.3 is 5.97 Å². The summed E-state index contributed by atoms with van der Waals surface area (Å²) < 4.78 is 19.6. The second kappa shape index (κ2) is 9.26. The first-order valence-corrected chi connectivity index (χ1v) is 14.7. The van der Waals surface area contributed by atoms with Crippen LogP contribution in [0.15, 0.2) is 29.8 Å². The predicted molar refractivity (Wildman–Crippen MR) is 142 cm³/mol. The number of esters is 1. The maximum Gasteiger partial charge on any atom is 0.303 e. The average Bonchev–Trinajstić information content (AvgIpc) is 3.47. The van der Waals surface area contributed by atoms with Crippen molar-refractivity contribution >= 4 is 12.0 Å². The Morgan fingerprint density at radius 3 is 2.44 bits per heavy atom. The van der Waals surface area contributed by atoms with E-state index >= 15 is 0 Å². The molecular formula is C32H44FNO2. The highest BCUT2D eigenvalue weighted by Gasteiger charge is 2.62. The molecule has 0 radical (unpaired) electrons. The van der Waals surface area contributed by atoms with Crippen molar-refractivity contribution in [2.45, 2.75) is 97.1 Å². The van der Waals surface area contributed by atoms with E-state index in [1.54, 1.807) is 6.92 Å². The Morgan fingerprint density at radius 1 is 1.00 bits per heavy atom. The van der Waals surface area contributed by atoms with Crippen molar-refractivity contribution in [2.24, 2.45) is 34.5 Å². The number of halogens is 1. The first-order chi connectivity index (χ1) is 17.3. The van der Waals surface area contributed by atoms with Crippen LogP contribution in [0.1, 0.15) is 90.5 Å². The van der Waals surface area contributed by atoms with Crippen molar-refractivity contribution in [1.82, 2.24) is 4.90 Å². The first kappa shape index (κ1) is 24.6. The van der Waals surface area contributed by atoms with Gasteiger partial charge in [0, 0.05) is 18.4 Å². The Balaban J connectivity index is 1.26. The lowest BCUT2D eigenvalue weighted by molar-refractivity contribution is -0.160. The van der Waals surface area contributed by atoms with Crippen molar-refractivity contribution in [3.05, 3.63) is 41.2 Å². The molecule has 0 bridgehead atoms. The summed E-state index contributed by atoms with van der Waals surface area (Å²) in [5, 5.41) is 0. The molecule has 0 spiro atoms. The molecule has 1 aromatic carbocycles. The third-order valence-corrected chi connectivity index (χ3v) is 11.6. The summed E-state index contributed by atoms with van der Waals surface area (Å²) in [6.07, 6.45) is 15.1. The summed E-state index contributed by atoms with van der Waals surface area (Å²) in [6.45, 7) is 9.22. The van der Waals surface area contributed by atoms with Crippen LogP contribution in [-0.4, -0.2) is 36.1 Å². The van der Waals surface area contributed by atoms with Gasteiger partial charge in [-0.3, -0.25) is 4.79 Å². The van der Waals surface area contributed by atoms with Gasteiger partial charge in [0.1, 0.15) is 11.9 Å². The van der Waals surface area contributed by atoms with Gasteiger partial charge in [-0.15, -0.1) is 0 Å². The molecule has 5 fully saturated rings. The molecule has 36 heavy (non-hydrogen) atoms. The normalized spacial score (nSPS) is 43.6. The Kier molecular flexibility index (Phi) is 6.34. The zero-order valence-corrected chi connectivity index (χ0v) is 22.5. The van der Waals surface area contributed by atoms with Crippen LogP contribution in [0.3, 0.4) is 0 Å². The monoisotopic (exact) mass is 493 g/mol. The number of fused-ring (bicyclic) bond motifs is 5. The van der Waals surface area contributed by atoms with Gasteiger partial charge in [-0.25, -0.2) is 4.39 Å². The summed E-state index contributed by atoms with van der Waals surface area (Å²) in [7, 11) is 0. The van der Waals surface area contributed by atoms with E-state index < -0.39 is 0 Å². The molecule has 4 heteroatoms. The van der Waals surface area contributed by atoms with E-state index in [0.29, 0.717) is 17.3 Å². The van der Waals surface area contributed by atoms with Crippen LogP contribution in [-0.2, 0) is 9.53 Å². The quantitative estimate of drug-likeness (QED) is 0.415. The number of hydrogen-bond acceptors (Lipinski definition) is 3. The lowest BCUT2D eigenvalue weighted by Gasteiger charge is -2.61. The van der Waals surface area contributed by atoms with E-state index in [0.717, 1.165) is 36.3 Å². The third-order valence-electron chi connectivity index (χ3n) is 11.6. The van der Waals surface area contributed by atoms with Crippen LogP contribution < -0.4 is 0 Å². The summed E-state index contributed by atoms with van der Waals surface area (Å²) in [5.74, 6) is 2.52. The minimum Gasteiger partial charge on any atom is -0.457 e. The fourth-order valence-corrected chi connectivity index (χ4v) is 9.80. The molecule has 1 saturated heterocycles. The standard InChI is InChI=1S/C32H44FNO2/c1-21(35)36-30-23(18-22-6-9-25(33)10-7-22)19-29-27-11-8-24-20-26(34-16-4-5-17-34)12-14-31(24,2)28(27)13-15-32(29,30)3/h6-7,9-10,18,24,26-30H,4-5,8,11-17,19-20H2,1-3H3/b23-18+/t24-,26-,27+,28-,29-,30-,31-,32-/m0/s1. The molecule has 1 heterocycles. The summed E-state index contributed by atoms with van der Waals surface area (Å²) >= 11 is 0. The van der Waals surface area contributed by atoms with Gasteiger partial charge in [0.2, 0.25) is 0 Å². The van der Waals surface area contributed by atoms with Crippen LogP contribution in [0.25, 0.3) is 6.08 Å². The fourth-order valence-electron chi connectivity index (χ4n) is 9.80. The van der Waals surface area contributed by atoms with Crippen molar-refractivity contribution in [3.63, 3.8) is 0 Å². The van der Waals surface area contributed by atoms with Gasteiger partial charge < -0.3 is 9.64 Å². The van der Waals surface area contributed by atoms with E-state index in [1.165, 1.54) is 82.2 Å². The number of carbonyl (C=O) groups is 1. The molecule has 4 aliphatic carbocycles. The molecule has 0 unspecified atom stereocenters. The van der Waals surface area contributed by atoms with Crippen LogP contribution in [0.2, 0.25) is 0 Å². The Bertz CT molecular complexity index is 1010. The molecular weight excluding hydrogens is 449 g/mol. The van der Waals surface area contributed by atoms with Gasteiger partial charge in [-0.05, 0) is 130 Å². The maximum atomic E-state index is 13.5. The lowest BCUT2D eigenvalue weighted by Crippen LogP contribution is -2.55. The predicted octanol–water partition coefficient (Wildman–Crippen LogP) is 7.26. The third kappa shape index (κ3) is 4.06. The van der Waals surface area contributed by atoms with Crippen molar-refractivity contribution in [2.75, 3.05) is 13.1 Å². The van der Waals surface area contributed by atoms with E-state index in [9.17, 15) is 9.18 Å². The van der Waals surface area contributed by atoms with E-state index in [2.05, 4.69) is 24.8 Å². The number of carbonyl (C=O) groups excluding carboxylic acids is 1. The van der Waals surface area contributed by atoms with Gasteiger partial charge in [0.15, 0.2) is 0 Å². The summed E-state index contributed by atoms with van der Waals surface area (Å²) in [6, 6.07) is 7.54. The van der Waals surface area contributed by atoms with Crippen molar-refractivity contribution in [1.29, 1.82) is 0 Å². The number of likely N-dealkylation sites (tertiary alicyclic amines) is 1. The smallest absolute Gasteiger partial charge is 0.303 e. The molecule has 4 saturated carbocycles. The molecule has 0 N–H and O–H groups in total. The van der Waals surface area contributed by atoms with Crippen molar-refractivity contribution < 1.29 is 13.9 Å². The number of rotatable bonds is 3. The maximum absolute atomic E-state index is 13.5. The first-order valence-electron chi connectivity index (χ1n) is 14.7. The van der Waals surface area contributed by atoms with Gasteiger partial charge in [-0.1, -0.05) is 32.1 Å². The van der Waals surface area contributed by atoms with E-state index in [-0.39, 0.29) is 23.3 Å². The molecule has 1 aromatic rings. The highest BCUT2D eigenvalue weighted by atomic mass is 19.1. The fraction of sp³-hybridized carbons (Fsp3) is 0.719. The van der Waals surface area contributed by atoms with E-state index in [1.807, 2.05) is 12.1 Å². The number of benzene rings is 1. The zero-order chi connectivity index (χ0) is 25.1. The summed E-state index contributed by atoms with van der Waals surface area (Å²) in [4.78, 5) is 15.0. The second-order valence-electron chi connectivity index (χ2n) is 13.3. The molecule has 5 aliphatic rings. The Labute approximate surface area is 216 Å². The number of ether oxygens (including phenoxy) is 1. The molecule has 0 amide bonds. The van der Waals surface area contributed by atoms with Crippen molar-refractivity contribution in [3.8, 4) is 0 Å². The highest BCUT2D eigenvalue weighted by molar-refractivity contribution is 5.67. The van der Waals surface area contributed by atoms with Gasteiger partial charge in [0.05, 0.1) is 0 Å². The molecule has 8 atom stereocenters. The average molecular weight is 494 g/mol. The largest absolute Gasteiger partial charge is 0.457 e. The number of hydrogen-bond donors (Lipinski definition) is 0. The van der Waals surface area contributed by atoms with Gasteiger partial charge in [-0.2, -0.15) is 0 Å². The summed E-state index contributed by atoms with van der Waals surface area (Å²) in [5.41, 5.74) is 2.68. The number of nitrogens with zero attached hydrogens (tertiary/aromatic N) is 1.